The molecule has 0 radical (unpaired) electrons. The fraction of sp³-hybridized carbons (Fsp3) is 0.423. The van der Waals surface area contributed by atoms with Crippen molar-refractivity contribution in [2.45, 2.75) is 50.3 Å². The number of nitrogens with zero attached hydrogens (tertiary/aromatic N) is 3. The Morgan fingerprint density at radius 1 is 1.00 bits per heavy atom. The van der Waals surface area contributed by atoms with Crippen LogP contribution in [0.15, 0.2) is 40.3 Å². The third-order valence-electron chi connectivity index (χ3n) is 6.84. The zero-order valence-electron chi connectivity index (χ0n) is 19.7. The average Bonchev–Trinajstić information content (AvgIpc) is 3.20. The summed E-state index contributed by atoms with van der Waals surface area (Å²) in [5.41, 5.74) is 2.51. The molecule has 1 amide bonds. The number of benzene rings is 2. The lowest BCUT2D eigenvalue weighted by Gasteiger charge is -2.33. The number of hydrogen-bond acceptors (Lipinski definition) is 6. The van der Waals surface area contributed by atoms with Crippen molar-refractivity contribution >= 4 is 57.6 Å². The lowest BCUT2D eigenvalue weighted by molar-refractivity contribution is -0.120. The summed E-state index contributed by atoms with van der Waals surface area (Å²) in [7, 11) is 3.19. The van der Waals surface area contributed by atoms with E-state index in [1.807, 2.05) is 29.2 Å². The average molecular weight is 532 g/mol. The molecule has 35 heavy (non-hydrogen) atoms. The van der Waals surface area contributed by atoms with Gasteiger partial charge in [0.2, 0.25) is 0 Å². The Morgan fingerprint density at radius 3 is 2.46 bits per heavy atom. The number of carbonyl (C=O) groups is 1. The summed E-state index contributed by atoms with van der Waals surface area (Å²) in [5, 5.41) is 1.80. The molecule has 1 fully saturated rings. The largest absolute Gasteiger partial charge is 0.493 e. The second-order valence-corrected chi connectivity index (χ2v) is 10.8. The molecular formula is C26H27Cl2N3O3S. The van der Waals surface area contributed by atoms with Crippen molar-refractivity contribution in [1.29, 1.82) is 0 Å². The van der Waals surface area contributed by atoms with Gasteiger partial charge in [0.05, 0.1) is 30.0 Å². The van der Waals surface area contributed by atoms with Gasteiger partial charge in [0.15, 0.2) is 16.7 Å². The van der Waals surface area contributed by atoms with Crippen molar-refractivity contribution in [1.82, 2.24) is 4.90 Å². The molecule has 0 aromatic heterocycles. The maximum Gasteiger partial charge on any atom is 0.270 e. The molecule has 0 N–H and O–H groups in total. The number of thioether (sulfide) groups is 1. The van der Waals surface area contributed by atoms with E-state index in [1.165, 1.54) is 19.3 Å². The quantitative estimate of drug-likeness (QED) is 0.406. The lowest BCUT2D eigenvalue weighted by atomic mass is 9.84. The van der Waals surface area contributed by atoms with Crippen LogP contribution in [-0.4, -0.2) is 42.1 Å². The first-order valence-electron chi connectivity index (χ1n) is 11.8. The highest BCUT2D eigenvalue weighted by Gasteiger charge is 2.43. The van der Waals surface area contributed by atoms with Gasteiger partial charge >= 0.3 is 0 Å². The Balaban J connectivity index is 1.51. The molecule has 9 heteroatoms. The minimum Gasteiger partial charge on any atom is -0.493 e. The van der Waals surface area contributed by atoms with E-state index >= 15 is 0 Å². The summed E-state index contributed by atoms with van der Waals surface area (Å²) < 4.78 is 11.0. The number of amidine groups is 2. The van der Waals surface area contributed by atoms with E-state index in [0.717, 1.165) is 35.6 Å². The molecule has 0 unspecified atom stereocenters. The van der Waals surface area contributed by atoms with Crippen LogP contribution in [0.4, 0.5) is 5.69 Å². The minimum atomic E-state index is -0.339. The van der Waals surface area contributed by atoms with Gasteiger partial charge < -0.3 is 9.47 Å². The van der Waals surface area contributed by atoms with Gasteiger partial charge in [-0.2, -0.15) is 4.99 Å². The molecule has 2 aromatic rings. The van der Waals surface area contributed by atoms with Crippen LogP contribution in [0.25, 0.3) is 0 Å². The fourth-order valence-corrected chi connectivity index (χ4v) is 6.34. The van der Waals surface area contributed by atoms with E-state index < -0.39 is 0 Å². The number of carbonyl (C=O) groups excluding carboxylic acids is 1. The van der Waals surface area contributed by atoms with E-state index in [0.29, 0.717) is 44.7 Å². The second-order valence-electron chi connectivity index (χ2n) is 9.06. The van der Waals surface area contributed by atoms with Crippen LogP contribution in [0.1, 0.15) is 49.7 Å². The van der Waals surface area contributed by atoms with E-state index in [9.17, 15) is 4.79 Å². The van der Waals surface area contributed by atoms with Crippen LogP contribution in [0.3, 0.4) is 0 Å². The van der Waals surface area contributed by atoms with Gasteiger partial charge in [0.1, 0.15) is 11.9 Å². The summed E-state index contributed by atoms with van der Waals surface area (Å²) in [6, 6.07) is 8.98. The summed E-state index contributed by atoms with van der Waals surface area (Å²) in [5.74, 6) is 2.86. The Labute approximate surface area is 219 Å². The zero-order chi connectivity index (χ0) is 24.5. The summed E-state index contributed by atoms with van der Waals surface area (Å²) in [6.07, 6.45) is 6.86. The van der Waals surface area contributed by atoms with Gasteiger partial charge in [0, 0.05) is 17.4 Å². The second kappa shape index (κ2) is 10.4. The molecule has 0 bridgehead atoms. The van der Waals surface area contributed by atoms with Gasteiger partial charge in [-0.15, -0.1) is 0 Å². The minimum absolute atomic E-state index is 0.101. The smallest absolute Gasteiger partial charge is 0.270 e. The highest BCUT2D eigenvalue weighted by molar-refractivity contribution is 8.13. The topological polar surface area (TPSA) is 63.5 Å². The number of aliphatic imine (C=N–C) groups is 2. The summed E-state index contributed by atoms with van der Waals surface area (Å²) >= 11 is 13.9. The van der Waals surface area contributed by atoms with Gasteiger partial charge in [-0.05, 0) is 36.1 Å². The predicted molar refractivity (Wildman–Crippen MR) is 143 cm³/mol. The van der Waals surface area contributed by atoms with Crippen LogP contribution in [0.2, 0.25) is 10.0 Å². The number of fused-ring (bicyclic) bond motifs is 3. The van der Waals surface area contributed by atoms with Crippen LogP contribution in [0, 0.1) is 5.92 Å². The highest BCUT2D eigenvalue weighted by atomic mass is 35.5. The standard InChI is InChI=1S/C26H27Cl2N3O3S/c1-33-22-12-17-20(13-23(22)34-2)29-26(35-14-16-8-9-18(27)19(28)10-16)31-21(25(32)30-24(17)31)11-15-6-4-3-5-7-15/h8-10,12-13,15,21H,3-7,11,14H2,1-2H3/t21-/m0/s1. The van der Waals surface area contributed by atoms with Crippen LogP contribution in [-0.2, 0) is 10.5 Å². The SMILES string of the molecule is COc1cc2c(cc1OC)C1=NC(=O)[C@H](CC3CCCCC3)N1C(SCc1ccc(Cl)c(Cl)c1)=N2. The fourth-order valence-electron chi connectivity index (χ4n) is 5.03. The van der Waals surface area contributed by atoms with Crippen molar-refractivity contribution in [3.05, 3.63) is 51.5 Å². The Morgan fingerprint density at radius 2 is 1.74 bits per heavy atom. The van der Waals surface area contributed by atoms with Crippen molar-refractivity contribution in [2.24, 2.45) is 15.9 Å². The molecule has 5 rings (SSSR count). The van der Waals surface area contributed by atoms with Gasteiger partial charge in [-0.3, -0.25) is 9.69 Å². The number of ether oxygens (including phenoxy) is 2. The Bertz CT molecular complexity index is 1210. The van der Waals surface area contributed by atoms with Crippen molar-refractivity contribution < 1.29 is 14.3 Å². The zero-order valence-corrected chi connectivity index (χ0v) is 22.1. The third kappa shape index (κ3) is 4.91. The molecule has 1 atom stereocenters. The molecule has 2 aromatic carbocycles. The van der Waals surface area contributed by atoms with E-state index in [1.54, 1.807) is 32.0 Å². The first kappa shape index (κ1) is 24.5. The maximum atomic E-state index is 13.2. The normalized spacial score (nSPS) is 19.7. The first-order chi connectivity index (χ1) is 17.0. The van der Waals surface area contributed by atoms with Crippen LogP contribution < -0.4 is 9.47 Å². The van der Waals surface area contributed by atoms with Gasteiger partial charge in [-0.25, -0.2) is 4.99 Å². The van der Waals surface area contributed by atoms with E-state index in [4.69, 9.17) is 37.7 Å². The van der Waals surface area contributed by atoms with Crippen molar-refractivity contribution in [3.63, 3.8) is 0 Å². The third-order valence-corrected chi connectivity index (χ3v) is 8.60. The van der Waals surface area contributed by atoms with Gasteiger partial charge in [-0.1, -0.05) is 73.1 Å². The Kier molecular flexibility index (Phi) is 7.28. The monoisotopic (exact) mass is 531 g/mol. The Hall–Kier alpha value is -2.22. The lowest BCUT2D eigenvalue weighted by Crippen LogP contribution is -2.44. The molecule has 184 valence electrons. The maximum absolute atomic E-state index is 13.2. The van der Waals surface area contributed by atoms with Crippen LogP contribution in [0.5, 0.6) is 11.5 Å². The molecule has 1 saturated carbocycles. The molecule has 2 heterocycles. The highest BCUT2D eigenvalue weighted by Crippen LogP contribution is 2.42. The summed E-state index contributed by atoms with van der Waals surface area (Å²) in [6.45, 7) is 0. The number of halogens is 2. The molecule has 1 aliphatic carbocycles. The first-order valence-corrected chi connectivity index (χ1v) is 13.6. The number of methoxy groups -OCH3 is 2. The molecule has 3 aliphatic rings. The molecule has 0 saturated heterocycles. The van der Waals surface area contributed by atoms with Crippen molar-refractivity contribution in [3.8, 4) is 11.5 Å². The number of hydrogen-bond donors (Lipinski definition) is 0. The molecule has 6 nitrogen and oxygen atoms in total. The van der Waals surface area contributed by atoms with E-state index in [2.05, 4.69) is 4.99 Å². The van der Waals surface area contributed by atoms with Crippen LogP contribution >= 0.6 is 35.0 Å². The van der Waals surface area contributed by atoms with Gasteiger partial charge in [0.25, 0.3) is 5.91 Å². The predicted octanol–water partition coefficient (Wildman–Crippen LogP) is 6.87. The van der Waals surface area contributed by atoms with E-state index in [-0.39, 0.29) is 11.9 Å². The molecular weight excluding hydrogens is 505 g/mol. The molecule has 2 aliphatic heterocycles. The van der Waals surface area contributed by atoms with Crippen molar-refractivity contribution in [2.75, 3.05) is 14.2 Å². The molecule has 0 spiro atoms. The number of amides is 1. The summed E-state index contributed by atoms with van der Waals surface area (Å²) in [4.78, 5) is 24.8. The number of rotatable bonds is 6.